The highest BCUT2D eigenvalue weighted by Gasteiger charge is 2.31. The molecule has 20 heavy (non-hydrogen) atoms. The monoisotopic (exact) mass is 276 g/mol. The van der Waals surface area contributed by atoms with Crippen molar-refractivity contribution in [3.8, 4) is 0 Å². The number of piperidine rings is 1. The maximum atomic E-state index is 12.3. The summed E-state index contributed by atoms with van der Waals surface area (Å²) in [5, 5.41) is 0. The van der Waals surface area contributed by atoms with E-state index in [2.05, 4.69) is 0 Å². The number of nitrogens with zero attached hydrogens (tertiary/aromatic N) is 2. The molecule has 2 saturated heterocycles. The van der Waals surface area contributed by atoms with Crippen molar-refractivity contribution in [1.82, 2.24) is 9.80 Å². The lowest BCUT2D eigenvalue weighted by Crippen LogP contribution is -2.43. The number of furan rings is 1. The predicted octanol–water partition coefficient (Wildman–Crippen LogP) is 1.75. The zero-order valence-electron chi connectivity index (χ0n) is 11.6. The van der Waals surface area contributed by atoms with Gasteiger partial charge >= 0.3 is 0 Å². The fraction of sp³-hybridized carbons (Fsp3) is 0.600. The minimum Gasteiger partial charge on any atom is -0.472 e. The van der Waals surface area contributed by atoms with Crippen LogP contribution < -0.4 is 0 Å². The summed E-state index contributed by atoms with van der Waals surface area (Å²) in [7, 11) is 0. The zero-order valence-corrected chi connectivity index (χ0v) is 11.6. The van der Waals surface area contributed by atoms with E-state index in [4.69, 9.17) is 4.42 Å². The zero-order chi connectivity index (χ0) is 13.9. The minimum atomic E-state index is 0.00539. The maximum absolute atomic E-state index is 12.3. The molecule has 0 aromatic carbocycles. The summed E-state index contributed by atoms with van der Waals surface area (Å²) < 4.78 is 4.95. The summed E-state index contributed by atoms with van der Waals surface area (Å²) in [6.45, 7) is 3.14. The molecular formula is C15H20N2O3. The van der Waals surface area contributed by atoms with Crippen LogP contribution in [0.2, 0.25) is 0 Å². The largest absolute Gasteiger partial charge is 0.472 e. The molecule has 0 N–H and O–H groups in total. The molecule has 3 rings (SSSR count). The molecule has 2 aliphatic heterocycles. The van der Waals surface area contributed by atoms with Gasteiger partial charge in [-0.2, -0.15) is 0 Å². The average molecular weight is 276 g/mol. The third kappa shape index (κ3) is 2.57. The van der Waals surface area contributed by atoms with Crippen LogP contribution in [0.1, 0.15) is 36.0 Å². The van der Waals surface area contributed by atoms with Gasteiger partial charge in [-0.1, -0.05) is 0 Å². The topological polar surface area (TPSA) is 53.8 Å². The Kier molecular flexibility index (Phi) is 3.76. The quantitative estimate of drug-likeness (QED) is 0.827. The molecule has 1 aromatic heterocycles. The summed E-state index contributed by atoms with van der Waals surface area (Å²) in [5.74, 6) is 0.394. The average Bonchev–Trinajstić information content (AvgIpc) is 3.18. The Morgan fingerprint density at radius 1 is 1.05 bits per heavy atom. The van der Waals surface area contributed by atoms with Crippen LogP contribution in [-0.4, -0.2) is 47.8 Å². The van der Waals surface area contributed by atoms with E-state index in [0.717, 1.165) is 38.8 Å². The maximum Gasteiger partial charge on any atom is 0.257 e. The van der Waals surface area contributed by atoms with Gasteiger partial charge in [0.15, 0.2) is 0 Å². The second-order valence-corrected chi connectivity index (χ2v) is 5.61. The molecule has 108 valence electrons. The lowest BCUT2D eigenvalue weighted by molar-refractivity contribution is -0.135. The summed E-state index contributed by atoms with van der Waals surface area (Å²) in [4.78, 5) is 28.3. The molecular weight excluding hydrogens is 256 g/mol. The summed E-state index contributed by atoms with van der Waals surface area (Å²) in [6, 6.07) is 1.68. The highest BCUT2D eigenvalue weighted by molar-refractivity contribution is 5.94. The lowest BCUT2D eigenvalue weighted by atomic mass is 9.95. The SMILES string of the molecule is O=C(c1ccoc1)N1CCC(C(=O)N2CCCC2)CC1. The molecule has 0 radical (unpaired) electrons. The van der Waals surface area contributed by atoms with E-state index in [1.807, 2.05) is 9.80 Å². The molecule has 0 bridgehead atoms. The number of rotatable bonds is 2. The molecule has 2 aliphatic rings. The Morgan fingerprint density at radius 2 is 1.75 bits per heavy atom. The minimum absolute atomic E-state index is 0.00539. The number of carbonyl (C=O) groups excluding carboxylic acids is 2. The van der Waals surface area contributed by atoms with Gasteiger partial charge in [0.25, 0.3) is 5.91 Å². The van der Waals surface area contributed by atoms with Crippen LogP contribution in [0.15, 0.2) is 23.0 Å². The van der Waals surface area contributed by atoms with Crippen LogP contribution in [0, 0.1) is 5.92 Å². The number of carbonyl (C=O) groups is 2. The standard InChI is InChI=1S/C15H20N2O3/c18-14(16-6-1-2-7-16)12-3-8-17(9-4-12)15(19)13-5-10-20-11-13/h5,10-12H,1-4,6-9H2. The first-order valence-electron chi connectivity index (χ1n) is 7.36. The summed E-state index contributed by atoms with van der Waals surface area (Å²) in [5.41, 5.74) is 0.592. The van der Waals surface area contributed by atoms with Gasteiger partial charge in [0, 0.05) is 32.1 Å². The van der Waals surface area contributed by atoms with Gasteiger partial charge in [0.1, 0.15) is 6.26 Å². The molecule has 1 aromatic rings. The van der Waals surface area contributed by atoms with Crippen LogP contribution in [0.3, 0.4) is 0 Å². The smallest absolute Gasteiger partial charge is 0.257 e. The molecule has 0 atom stereocenters. The van der Waals surface area contributed by atoms with Gasteiger partial charge in [-0.3, -0.25) is 9.59 Å². The van der Waals surface area contributed by atoms with Crippen LogP contribution in [-0.2, 0) is 4.79 Å². The van der Waals surface area contributed by atoms with E-state index < -0.39 is 0 Å². The number of hydrogen-bond acceptors (Lipinski definition) is 3. The van der Waals surface area contributed by atoms with Crippen molar-refractivity contribution < 1.29 is 14.0 Å². The van der Waals surface area contributed by atoms with Crippen molar-refractivity contribution in [2.45, 2.75) is 25.7 Å². The number of hydrogen-bond donors (Lipinski definition) is 0. The number of likely N-dealkylation sites (tertiary alicyclic amines) is 2. The fourth-order valence-electron chi connectivity index (χ4n) is 3.09. The molecule has 0 aliphatic carbocycles. The van der Waals surface area contributed by atoms with Gasteiger partial charge in [-0.25, -0.2) is 0 Å². The Hall–Kier alpha value is -1.78. The van der Waals surface area contributed by atoms with Crippen molar-refractivity contribution in [2.24, 2.45) is 5.92 Å². The Labute approximate surface area is 118 Å². The summed E-state index contributed by atoms with van der Waals surface area (Å²) >= 11 is 0. The fourth-order valence-corrected chi connectivity index (χ4v) is 3.09. The van der Waals surface area contributed by atoms with Crippen LogP contribution in [0.5, 0.6) is 0 Å². The Bertz CT molecular complexity index is 469. The van der Waals surface area contributed by atoms with Crippen LogP contribution in [0.25, 0.3) is 0 Å². The molecule has 0 saturated carbocycles. The van der Waals surface area contributed by atoms with Crippen molar-refractivity contribution in [1.29, 1.82) is 0 Å². The molecule has 5 heteroatoms. The van der Waals surface area contributed by atoms with E-state index in [1.54, 1.807) is 6.07 Å². The Morgan fingerprint density at radius 3 is 2.35 bits per heavy atom. The third-order valence-corrected chi connectivity index (χ3v) is 4.32. The van der Waals surface area contributed by atoms with E-state index in [1.165, 1.54) is 12.5 Å². The first-order chi connectivity index (χ1) is 9.75. The first kappa shape index (κ1) is 13.2. The van der Waals surface area contributed by atoms with Crippen LogP contribution >= 0.6 is 0 Å². The van der Waals surface area contributed by atoms with Gasteiger partial charge in [0.2, 0.25) is 5.91 Å². The molecule has 5 nitrogen and oxygen atoms in total. The van der Waals surface area contributed by atoms with Crippen molar-refractivity contribution >= 4 is 11.8 Å². The molecule has 3 heterocycles. The molecule has 2 amide bonds. The van der Waals surface area contributed by atoms with E-state index in [9.17, 15) is 9.59 Å². The Balaban J connectivity index is 1.54. The normalized spacial score (nSPS) is 20.4. The van der Waals surface area contributed by atoms with E-state index in [-0.39, 0.29) is 17.7 Å². The highest BCUT2D eigenvalue weighted by Crippen LogP contribution is 2.23. The molecule has 0 unspecified atom stereocenters. The third-order valence-electron chi connectivity index (χ3n) is 4.32. The van der Waals surface area contributed by atoms with Gasteiger partial charge in [0.05, 0.1) is 11.8 Å². The van der Waals surface area contributed by atoms with E-state index in [0.29, 0.717) is 18.7 Å². The molecule has 2 fully saturated rings. The lowest BCUT2D eigenvalue weighted by Gasteiger charge is -2.33. The van der Waals surface area contributed by atoms with Crippen molar-refractivity contribution in [3.05, 3.63) is 24.2 Å². The predicted molar refractivity (Wildman–Crippen MR) is 73.1 cm³/mol. The summed E-state index contributed by atoms with van der Waals surface area (Å²) in [6.07, 6.45) is 6.80. The van der Waals surface area contributed by atoms with Gasteiger partial charge in [-0.15, -0.1) is 0 Å². The first-order valence-corrected chi connectivity index (χ1v) is 7.36. The highest BCUT2D eigenvalue weighted by atomic mass is 16.3. The second-order valence-electron chi connectivity index (χ2n) is 5.61. The van der Waals surface area contributed by atoms with Crippen molar-refractivity contribution in [3.63, 3.8) is 0 Å². The van der Waals surface area contributed by atoms with Gasteiger partial charge in [-0.05, 0) is 31.7 Å². The van der Waals surface area contributed by atoms with E-state index >= 15 is 0 Å². The number of amides is 2. The second kappa shape index (κ2) is 5.69. The van der Waals surface area contributed by atoms with Crippen molar-refractivity contribution in [2.75, 3.05) is 26.2 Å². The van der Waals surface area contributed by atoms with Gasteiger partial charge < -0.3 is 14.2 Å². The van der Waals surface area contributed by atoms with Crippen LogP contribution in [0.4, 0.5) is 0 Å². The molecule has 0 spiro atoms.